The van der Waals surface area contributed by atoms with Gasteiger partial charge >= 0.3 is 0 Å². The molecule has 2 aliphatic heterocycles. The third-order valence-corrected chi connectivity index (χ3v) is 5.41. The average Bonchev–Trinajstić information content (AvgIpc) is 2.96. The van der Waals surface area contributed by atoms with Crippen LogP contribution < -0.4 is 9.64 Å². The lowest BCUT2D eigenvalue weighted by Gasteiger charge is -2.24. The van der Waals surface area contributed by atoms with Crippen molar-refractivity contribution in [2.24, 2.45) is 0 Å². The molecule has 2 aromatic rings. The number of aliphatic hydroxyl groups is 1. The van der Waals surface area contributed by atoms with Gasteiger partial charge in [0.25, 0.3) is 11.6 Å². The molecule has 0 amide bonds. The highest BCUT2D eigenvalue weighted by Gasteiger charge is 2.52. The van der Waals surface area contributed by atoms with E-state index in [-0.39, 0.29) is 0 Å². The minimum atomic E-state index is -1.05. The van der Waals surface area contributed by atoms with Gasteiger partial charge in [0.1, 0.15) is 0 Å². The maximum absolute atomic E-state index is 11.6. The molecule has 130 valence electrons. The molecule has 0 radical (unpaired) electrons. The van der Waals surface area contributed by atoms with Gasteiger partial charge in [-0.1, -0.05) is 35.9 Å². The summed E-state index contributed by atoms with van der Waals surface area (Å²) in [5.74, 6) is 1.98. The normalized spacial score (nSPS) is 22.9. The largest absolute Gasteiger partial charge is 0.492 e. The fraction of sp³-hybridized carbons (Fsp3) is 0.350. The fourth-order valence-corrected chi connectivity index (χ4v) is 4.06. The zero-order chi connectivity index (χ0) is 17.4. The van der Waals surface area contributed by atoms with Crippen LogP contribution in [0, 0.1) is 0 Å². The van der Waals surface area contributed by atoms with Crippen molar-refractivity contribution in [1.29, 1.82) is 0 Å². The second-order valence-electron chi connectivity index (χ2n) is 6.61. The number of benzene rings is 2. The Morgan fingerprint density at radius 1 is 1.12 bits per heavy atom. The molecular formula is C20H22ClN2O2+. The summed E-state index contributed by atoms with van der Waals surface area (Å²) in [5.41, 5.74) is 0.812. The molecule has 4 nitrogen and oxygen atoms in total. The minimum Gasteiger partial charge on any atom is -0.492 e. The molecule has 1 N–H and O–H groups in total. The monoisotopic (exact) mass is 357 g/mol. The standard InChI is InChI=1S/C20H22ClN2O2/c1-25-18-7-3-2-6-17(18)22-14-20(24,15-9-11-16(21)12-10-15)23-13-5-4-8-19(22)23/h2-3,6-7,9-12,24H,4-5,8,13-14H2,1H3/q+1/t20-/m1/s1. The number of amidine groups is 1. The molecular weight excluding hydrogens is 336 g/mol. The number of β-amino-alcohol motifs (C(OH)–C–C–N with tert-alkyl or cyclic N) is 1. The molecule has 2 aliphatic rings. The van der Waals surface area contributed by atoms with Crippen molar-refractivity contribution >= 4 is 23.1 Å². The summed E-state index contributed by atoms with van der Waals surface area (Å²) >= 11 is 6.04. The third kappa shape index (κ3) is 2.70. The second-order valence-corrected chi connectivity index (χ2v) is 7.04. The van der Waals surface area contributed by atoms with Gasteiger partial charge in [0.15, 0.2) is 18.0 Å². The van der Waals surface area contributed by atoms with Crippen LogP contribution in [0.1, 0.15) is 24.8 Å². The summed E-state index contributed by atoms with van der Waals surface area (Å²) in [5, 5.41) is 12.3. The Morgan fingerprint density at radius 3 is 2.64 bits per heavy atom. The van der Waals surface area contributed by atoms with E-state index in [0.29, 0.717) is 11.6 Å². The van der Waals surface area contributed by atoms with Crippen LogP contribution >= 0.6 is 11.6 Å². The quantitative estimate of drug-likeness (QED) is 0.852. The van der Waals surface area contributed by atoms with Crippen LogP contribution in [0.2, 0.25) is 5.02 Å². The van der Waals surface area contributed by atoms with Crippen LogP contribution in [0.25, 0.3) is 0 Å². The molecule has 0 spiro atoms. The van der Waals surface area contributed by atoms with Gasteiger partial charge < -0.3 is 9.84 Å². The highest BCUT2D eigenvalue weighted by molar-refractivity contribution is 6.30. The first-order chi connectivity index (χ1) is 12.1. The van der Waals surface area contributed by atoms with E-state index in [2.05, 4.69) is 9.48 Å². The number of anilines is 1. The lowest BCUT2D eigenvalue weighted by atomic mass is 10.0. The van der Waals surface area contributed by atoms with Crippen LogP contribution in [0.4, 0.5) is 5.69 Å². The van der Waals surface area contributed by atoms with Crippen LogP contribution in [-0.2, 0) is 5.72 Å². The van der Waals surface area contributed by atoms with Crippen LogP contribution in [0.5, 0.6) is 5.75 Å². The molecule has 0 bridgehead atoms. The Balaban J connectivity index is 1.82. The summed E-state index contributed by atoms with van der Waals surface area (Å²) < 4.78 is 7.70. The van der Waals surface area contributed by atoms with Gasteiger partial charge in [-0.15, -0.1) is 0 Å². The minimum absolute atomic E-state index is 0.477. The molecule has 1 atom stereocenters. The topological polar surface area (TPSA) is 35.7 Å². The molecule has 0 saturated carbocycles. The molecule has 25 heavy (non-hydrogen) atoms. The van der Waals surface area contributed by atoms with Crippen molar-refractivity contribution in [3.05, 3.63) is 59.1 Å². The average molecular weight is 358 g/mol. The van der Waals surface area contributed by atoms with Gasteiger partial charge in [-0.05, 0) is 37.1 Å². The molecule has 4 rings (SSSR count). The molecule has 0 aromatic heterocycles. The Bertz CT molecular complexity index is 819. The number of ether oxygens (including phenoxy) is 1. The lowest BCUT2D eigenvalue weighted by molar-refractivity contribution is -0.661. The summed E-state index contributed by atoms with van der Waals surface area (Å²) in [6.45, 7) is 1.32. The zero-order valence-corrected chi connectivity index (χ0v) is 15.0. The van der Waals surface area contributed by atoms with Crippen LogP contribution in [-0.4, -0.2) is 35.7 Å². The van der Waals surface area contributed by atoms with Crippen LogP contribution in [0.3, 0.4) is 0 Å². The molecule has 0 unspecified atom stereocenters. The van der Waals surface area contributed by atoms with Crippen LogP contribution in [0.15, 0.2) is 48.5 Å². The van der Waals surface area contributed by atoms with Crippen molar-refractivity contribution in [1.82, 2.24) is 0 Å². The van der Waals surface area contributed by atoms with E-state index in [1.165, 1.54) is 0 Å². The van der Waals surface area contributed by atoms with Crippen molar-refractivity contribution in [3.8, 4) is 5.75 Å². The number of hydrogen-bond acceptors (Lipinski definition) is 3. The van der Waals surface area contributed by atoms with E-state index >= 15 is 0 Å². The molecule has 2 heterocycles. The van der Waals surface area contributed by atoms with E-state index < -0.39 is 5.72 Å². The number of hydrogen-bond donors (Lipinski definition) is 1. The van der Waals surface area contributed by atoms with Gasteiger partial charge in [-0.3, -0.25) is 0 Å². The summed E-state index contributed by atoms with van der Waals surface area (Å²) in [4.78, 5) is 2.20. The smallest absolute Gasteiger partial charge is 0.271 e. The number of para-hydroxylation sites is 2. The van der Waals surface area contributed by atoms with E-state index in [1.54, 1.807) is 7.11 Å². The Hall–Kier alpha value is -2.04. The van der Waals surface area contributed by atoms with Crippen molar-refractivity contribution in [2.75, 3.05) is 25.1 Å². The predicted molar refractivity (Wildman–Crippen MR) is 99.7 cm³/mol. The van der Waals surface area contributed by atoms with Gasteiger partial charge in [0, 0.05) is 17.0 Å². The molecule has 5 heteroatoms. The number of nitrogens with zero attached hydrogens (tertiary/aromatic N) is 2. The fourth-order valence-electron chi connectivity index (χ4n) is 3.93. The molecule has 0 fully saturated rings. The first-order valence-electron chi connectivity index (χ1n) is 8.66. The number of rotatable bonds is 3. The first kappa shape index (κ1) is 16.4. The van der Waals surface area contributed by atoms with E-state index in [9.17, 15) is 5.11 Å². The van der Waals surface area contributed by atoms with Gasteiger partial charge in [0.05, 0.1) is 13.7 Å². The SMILES string of the molecule is COc1ccccc1N1C[C@@](O)(c2ccc(Cl)cc2)[N+]2=C1CCCC2. The maximum Gasteiger partial charge on any atom is 0.271 e. The highest BCUT2D eigenvalue weighted by atomic mass is 35.5. The van der Waals surface area contributed by atoms with Crippen molar-refractivity contribution < 1.29 is 14.4 Å². The van der Waals surface area contributed by atoms with E-state index in [4.69, 9.17) is 16.3 Å². The first-order valence-corrected chi connectivity index (χ1v) is 9.04. The number of methoxy groups -OCH3 is 1. The highest BCUT2D eigenvalue weighted by Crippen LogP contribution is 2.39. The Labute approximate surface area is 152 Å². The van der Waals surface area contributed by atoms with E-state index in [1.807, 2.05) is 48.5 Å². The van der Waals surface area contributed by atoms with Crippen molar-refractivity contribution in [3.63, 3.8) is 0 Å². The lowest BCUT2D eigenvalue weighted by Crippen LogP contribution is -2.41. The summed E-state index contributed by atoms with van der Waals surface area (Å²) in [6, 6.07) is 15.5. The van der Waals surface area contributed by atoms with Gasteiger partial charge in [-0.2, -0.15) is 0 Å². The predicted octanol–water partition coefficient (Wildman–Crippen LogP) is 3.61. The zero-order valence-electron chi connectivity index (χ0n) is 14.3. The second kappa shape index (κ2) is 6.36. The molecule has 0 saturated heterocycles. The van der Waals surface area contributed by atoms with Crippen molar-refractivity contribution in [2.45, 2.75) is 25.0 Å². The third-order valence-electron chi connectivity index (χ3n) is 5.16. The number of halogens is 1. The maximum atomic E-state index is 11.6. The van der Waals surface area contributed by atoms with Gasteiger partial charge in [0.2, 0.25) is 0 Å². The molecule has 2 aromatic carbocycles. The van der Waals surface area contributed by atoms with Gasteiger partial charge in [-0.25, -0.2) is 9.48 Å². The summed E-state index contributed by atoms with van der Waals surface area (Å²) in [7, 11) is 1.68. The molecule has 0 aliphatic carbocycles. The Kier molecular flexibility index (Phi) is 4.18. The van der Waals surface area contributed by atoms with E-state index in [0.717, 1.165) is 48.6 Å². The summed E-state index contributed by atoms with van der Waals surface area (Å²) in [6.07, 6.45) is 3.17. The Morgan fingerprint density at radius 2 is 1.88 bits per heavy atom.